The van der Waals surface area contributed by atoms with Gasteiger partial charge in [-0.3, -0.25) is 0 Å². The van der Waals surface area contributed by atoms with Crippen molar-refractivity contribution in [1.29, 1.82) is 5.26 Å². The molecule has 0 aliphatic carbocycles. The predicted molar refractivity (Wildman–Crippen MR) is 34.5 cm³/mol. The molecule has 0 radical (unpaired) electrons. The van der Waals surface area contributed by atoms with Crippen molar-refractivity contribution < 1.29 is 25.2 Å². The SMILES string of the molecule is N#CC(O)[C@H]1O[C@H](O)[C@@H](O)[C@@H]1O. The topological polar surface area (TPSA) is 114 Å². The van der Waals surface area contributed by atoms with E-state index in [1.54, 1.807) is 0 Å². The maximum absolute atomic E-state index is 9.08. The number of hydrogen-bond acceptors (Lipinski definition) is 6. The molecule has 1 aliphatic heterocycles. The predicted octanol–water partition coefficient (Wildman–Crippen LogP) is -2.69. The Kier molecular flexibility index (Phi) is 2.62. The quantitative estimate of drug-likeness (QED) is 0.323. The summed E-state index contributed by atoms with van der Waals surface area (Å²) < 4.78 is 4.52. The maximum Gasteiger partial charge on any atom is 0.184 e. The molecule has 0 saturated carbocycles. The van der Waals surface area contributed by atoms with E-state index in [2.05, 4.69) is 4.74 Å². The van der Waals surface area contributed by atoms with Crippen LogP contribution in [0.5, 0.6) is 0 Å². The van der Waals surface area contributed by atoms with Crippen molar-refractivity contribution >= 4 is 0 Å². The molecule has 1 fully saturated rings. The van der Waals surface area contributed by atoms with Gasteiger partial charge in [0.2, 0.25) is 0 Å². The molecule has 68 valence electrons. The fourth-order valence-corrected chi connectivity index (χ4v) is 1.02. The van der Waals surface area contributed by atoms with Crippen LogP contribution in [0.2, 0.25) is 0 Å². The van der Waals surface area contributed by atoms with Crippen LogP contribution in [0.3, 0.4) is 0 Å². The summed E-state index contributed by atoms with van der Waals surface area (Å²) in [5.74, 6) is 0. The first-order chi connectivity index (χ1) is 5.57. The molecule has 0 aromatic carbocycles. The second kappa shape index (κ2) is 3.35. The Balaban J connectivity index is 2.65. The van der Waals surface area contributed by atoms with Gasteiger partial charge < -0.3 is 25.2 Å². The molecule has 0 bridgehead atoms. The van der Waals surface area contributed by atoms with Gasteiger partial charge in [-0.2, -0.15) is 5.26 Å². The molecule has 0 amide bonds. The molecule has 12 heavy (non-hydrogen) atoms. The summed E-state index contributed by atoms with van der Waals surface area (Å²) in [7, 11) is 0. The van der Waals surface area contributed by atoms with Crippen molar-refractivity contribution in [3.05, 3.63) is 0 Å². The van der Waals surface area contributed by atoms with Crippen molar-refractivity contribution in [2.45, 2.75) is 30.7 Å². The van der Waals surface area contributed by atoms with E-state index in [9.17, 15) is 0 Å². The van der Waals surface area contributed by atoms with Crippen molar-refractivity contribution in [3.63, 3.8) is 0 Å². The first kappa shape index (κ1) is 9.38. The summed E-state index contributed by atoms with van der Waals surface area (Å²) in [4.78, 5) is 0. The van der Waals surface area contributed by atoms with Gasteiger partial charge in [0.15, 0.2) is 12.4 Å². The van der Waals surface area contributed by atoms with Crippen LogP contribution in [-0.4, -0.2) is 51.1 Å². The number of hydrogen-bond donors (Lipinski definition) is 4. The normalized spacial score (nSPS) is 43.9. The highest BCUT2D eigenvalue weighted by molar-refractivity contribution is 4.98. The molecule has 1 unspecified atom stereocenters. The standard InChI is InChI=1S/C6H9NO5/c7-1-2(8)5-3(9)4(10)6(11)12-5/h2-6,8-11H/t2?,3-,4-,5+,6-/m0/s1. The summed E-state index contributed by atoms with van der Waals surface area (Å²) in [6, 6.07) is 1.43. The van der Waals surface area contributed by atoms with Crippen molar-refractivity contribution in [3.8, 4) is 6.07 Å². The zero-order valence-corrected chi connectivity index (χ0v) is 6.03. The van der Waals surface area contributed by atoms with Crippen LogP contribution in [0.1, 0.15) is 0 Å². The third kappa shape index (κ3) is 1.41. The highest BCUT2D eigenvalue weighted by Crippen LogP contribution is 2.21. The van der Waals surface area contributed by atoms with Gasteiger partial charge in [0.1, 0.15) is 18.3 Å². The molecule has 1 heterocycles. The Morgan fingerprint density at radius 2 is 1.83 bits per heavy atom. The average molecular weight is 175 g/mol. The molecule has 0 spiro atoms. The maximum atomic E-state index is 9.08. The summed E-state index contributed by atoms with van der Waals surface area (Å²) in [5.41, 5.74) is 0. The highest BCUT2D eigenvalue weighted by atomic mass is 16.6. The minimum absolute atomic E-state index is 1.25. The lowest BCUT2D eigenvalue weighted by Crippen LogP contribution is -2.38. The molecule has 0 aromatic heterocycles. The summed E-state index contributed by atoms with van der Waals surface area (Å²) in [5, 5.41) is 44.0. The van der Waals surface area contributed by atoms with Crippen LogP contribution >= 0.6 is 0 Å². The van der Waals surface area contributed by atoms with Gasteiger partial charge in [-0.05, 0) is 0 Å². The van der Waals surface area contributed by atoms with Crippen molar-refractivity contribution in [2.75, 3.05) is 0 Å². The summed E-state index contributed by atoms with van der Waals surface area (Å²) in [6.07, 6.45) is -7.26. The van der Waals surface area contributed by atoms with E-state index in [1.165, 1.54) is 6.07 Å². The molecular formula is C6H9NO5. The van der Waals surface area contributed by atoms with Gasteiger partial charge in [0.25, 0.3) is 0 Å². The molecule has 5 atom stereocenters. The second-order valence-electron chi connectivity index (χ2n) is 2.55. The molecule has 4 N–H and O–H groups in total. The Morgan fingerprint density at radius 1 is 1.25 bits per heavy atom. The molecule has 6 heteroatoms. The zero-order chi connectivity index (χ0) is 9.30. The van der Waals surface area contributed by atoms with Gasteiger partial charge in [0.05, 0.1) is 6.07 Å². The minimum atomic E-state index is -1.55. The van der Waals surface area contributed by atoms with E-state index < -0.39 is 30.7 Å². The van der Waals surface area contributed by atoms with Crippen molar-refractivity contribution in [2.24, 2.45) is 0 Å². The third-order valence-corrected chi connectivity index (χ3v) is 1.72. The first-order valence-electron chi connectivity index (χ1n) is 3.35. The van der Waals surface area contributed by atoms with Crippen LogP contribution in [0.15, 0.2) is 0 Å². The van der Waals surface area contributed by atoms with E-state index in [0.29, 0.717) is 0 Å². The summed E-state index contributed by atoms with van der Waals surface area (Å²) >= 11 is 0. The average Bonchev–Trinajstić information content (AvgIpc) is 2.32. The minimum Gasteiger partial charge on any atom is -0.387 e. The largest absolute Gasteiger partial charge is 0.387 e. The van der Waals surface area contributed by atoms with Gasteiger partial charge in [-0.1, -0.05) is 0 Å². The van der Waals surface area contributed by atoms with E-state index in [-0.39, 0.29) is 0 Å². The number of aliphatic hydroxyl groups is 4. The molecular weight excluding hydrogens is 166 g/mol. The molecule has 1 saturated heterocycles. The monoisotopic (exact) mass is 175 g/mol. The fraction of sp³-hybridized carbons (Fsp3) is 0.833. The second-order valence-corrected chi connectivity index (χ2v) is 2.55. The lowest BCUT2D eigenvalue weighted by molar-refractivity contribution is -0.139. The van der Waals surface area contributed by atoms with E-state index in [0.717, 1.165) is 0 Å². The molecule has 0 aromatic rings. The van der Waals surface area contributed by atoms with Gasteiger partial charge in [-0.25, -0.2) is 0 Å². The number of ether oxygens (including phenoxy) is 1. The number of nitrogens with zero attached hydrogens (tertiary/aromatic N) is 1. The van der Waals surface area contributed by atoms with Crippen LogP contribution in [0.25, 0.3) is 0 Å². The lowest BCUT2D eigenvalue weighted by Gasteiger charge is -2.14. The Labute approximate surface area is 68.2 Å². The van der Waals surface area contributed by atoms with E-state index >= 15 is 0 Å². The van der Waals surface area contributed by atoms with E-state index in [4.69, 9.17) is 25.7 Å². The third-order valence-electron chi connectivity index (χ3n) is 1.72. The summed E-state index contributed by atoms with van der Waals surface area (Å²) in [6.45, 7) is 0. The van der Waals surface area contributed by atoms with Crippen LogP contribution in [0.4, 0.5) is 0 Å². The Morgan fingerprint density at radius 3 is 2.17 bits per heavy atom. The van der Waals surface area contributed by atoms with Crippen LogP contribution < -0.4 is 0 Å². The number of aliphatic hydroxyl groups excluding tert-OH is 4. The van der Waals surface area contributed by atoms with Crippen LogP contribution in [-0.2, 0) is 4.74 Å². The first-order valence-corrected chi connectivity index (χ1v) is 3.35. The van der Waals surface area contributed by atoms with Crippen molar-refractivity contribution in [1.82, 2.24) is 0 Å². The molecule has 1 aliphatic rings. The van der Waals surface area contributed by atoms with Gasteiger partial charge in [0, 0.05) is 0 Å². The smallest absolute Gasteiger partial charge is 0.184 e. The molecule has 6 nitrogen and oxygen atoms in total. The number of nitriles is 1. The zero-order valence-electron chi connectivity index (χ0n) is 6.03. The Hall–Kier alpha value is -0.710. The van der Waals surface area contributed by atoms with Gasteiger partial charge in [-0.15, -0.1) is 0 Å². The van der Waals surface area contributed by atoms with E-state index in [1.807, 2.05) is 0 Å². The lowest BCUT2D eigenvalue weighted by atomic mass is 10.1. The highest BCUT2D eigenvalue weighted by Gasteiger charge is 2.45. The van der Waals surface area contributed by atoms with Crippen LogP contribution in [0, 0.1) is 11.3 Å². The number of rotatable bonds is 1. The Bertz CT molecular complexity index is 203. The molecule has 1 rings (SSSR count). The fourth-order valence-electron chi connectivity index (χ4n) is 1.02. The van der Waals surface area contributed by atoms with Gasteiger partial charge >= 0.3 is 0 Å².